The lowest BCUT2D eigenvalue weighted by atomic mass is 10.2. The zero-order valence-corrected chi connectivity index (χ0v) is 12.0. The summed E-state index contributed by atoms with van der Waals surface area (Å²) in [6.45, 7) is 0. The van der Waals surface area contributed by atoms with Gasteiger partial charge in [-0.05, 0) is 42.5 Å². The normalized spacial score (nSPS) is 10.0. The number of rotatable bonds is 3. The van der Waals surface area contributed by atoms with Crippen molar-refractivity contribution in [3.05, 3.63) is 58.1 Å². The van der Waals surface area contributed by atoms with E-state index in [1.165, 1.54) is 30.3 Å². The van der Waals surface area contributed by atoms with Crippen molar-refractivity contribution < 1.29 is 19.1 Å². The summed E-state index contributed by atoms with van der Waals surface area (Å²) >= 11 is 11.6. The molecule has 2 aromatic rings. The Morgan fingerprint density at radius 3 is 2.14 bits per heavy atom. The molecule has 0 aliphatic carbocycles. The van der Waals surface area contributed by atoms with E-state index in [0.717, 1.165) is 0 Å². The number of halogens is 2. The number of carbonyl (C=O) groups excluding carboxylic acids is 2. The summed E-state index contributed by atoms with van der Waals surface area (Å²) in [5, 5.41) is 0.796. The van der Waals surface area contributed by atoms with Gasteiger partial charge in [-0.2, -0.15) is 0 Å². The first kappa shape index (κ1) is 15.2. The number of amides is 1. The van der Waals surface area contributed by atoms with Crippen LogP contribution in [0.15, 0.2) is 42.5 Å². The van der Waals surface area contributed by atoms with Gasteiger partial charge in [0.2, 0.25) is 0 Å². The topological polar surface area (TPSA) is 78.6 Å². The summed E-state index contributed by atoms with van der Waals surface area (Å²) in [6.07, 6.45) is -1.04. The van der Waals surface area contributed by atoms with E-state index in [9.17, 15) is 9.59 Å². The van der Waals surface area contributed by atoms with Gasteiger partial charge in [-0.3, -0.25) is 0 Å². The number of hydrogen-bond acceptors (Lipinski definition) is 4. The van der Waals surface area contributed by atoms with E-state index in [0.29, 0.717) is 5.02 Å². The molecule has 7 heteroatoms. The fourth-order valence-corrected chi connectivity index (χ4v) is 1.82. The second-order valence-electron chi connectivity index (χ2n) is 3.91. The van der Waals surface area contributed by atoms with Crippen LogP contribution in [0.25, 0.3) is 0 Å². The Balaban J connectivity index is 2.27. The SMILES string of the molecule is NC(=O)Oc1ccc(Cl)cc1C(=O)Oc1ccc(Cl)cc1. The summed E-state index contributed by atoms with van der Waals surface area (Å²) < 4.78 is 9.88. The number of primary amides is 1. The molecule has 2 rings (SSSR count). The third kappa shape index (κ3) is 4.11. The highest BCUT2D eigenvalue weighted by Crippen LogP contribution is 2.25. The molecule has 0 bridgehead atoms. The molecule has 0 heterocycles. The van der Waals surface area contributed by atoms with Crippen LogP contribution in [0, 0.1) is 0 Å². The monoisotopic (exact) mass is 325 g/mol. The van der Waals surface area contributed by atoms with E-state index in [1.807, 2.05) is 0 Å². The lowest BCUT2D eigenvalue weighted by Crippen LogP contribution is -2.19. The molecule has 1 amide bonds. The first-order chi connectivity index (χ1) is 9.95. The molecular formula is C14H9Cl2NO4. The van der Waals surface area contributed by atoms with Crippen LogP contribution >= 0.6 is 23.2 Å². The standard InChI is InChI=1S/C14H9Cl2NO4/c15-8-1-4-10(5-2-8)20-13(18)11-7-9(16)3-6-12(11)21-14(17)19/h1-7H,(H2,17,19). The van der Waals surface area contributed by atoms with Gasteiger partial charge in [0.25, 0.3) is 0 Å². The number of benzene rings is 2. The van der Waals surface area contributed by atoms with E-state index in [1.54, 1.807) is 12.1 Å². The summed E-state index contributed by atoms with van der Waals surface area (Å²) in [6, 6.07) is 10.3. The van der Waals surface area contributed by atoms with Crippen molar-refractivity contribution in [2.24, 2.45) is 5.73 Å². The van der Waals surface area contributed by atoms with Crippen molar-refractivity contribution in [1.29, 1.82) is 0 Å². The van der Waals surface area contributed by atoms with E-state index in [2.05, 4.69) is 0 Å². The van der Waals surface area contributed by atoms with Crippen LogP contribution in [0.3, 0.4) is 0 Å². The van der Waals surface area contributed by atoms with E-state index in [4.69, 9.17) is 38.4 Å². The van der Waals surface area contributed by atoms with Gasteiger partial charge >= 0.3 is 12.1 Å². The smallest absolute Gasteiger partial charge is 0.409 e. The van der Waals surface area contributed by atoms with Crippen molar-refractivity contribution in [3.8, 4) is 11.5 Å². The second-order valence-corrected chi connectivity index (χ2v) is 4.78. The summed E-state index contributed by atoms with van der Waals surface area (Å²) in [4.78, 5) is 22.9. The number of esters is 1. The number of ether oxygens (including phenoxy) is 2. The molecule has 0 aliphatic heterocycles. The van der Waals surface area contributed by atoms with Gasteiger partial charge in [0.1, 0.15) is 17.1 Å². The summed E-state index contributed by atoms with van der Waals surface area (Å²) in [7, 11) is 0. The van der Waals surface area contributed by atoms with Crippen molar-refractivity contribution in [2.75, 3.05) is 0 Å². The van der Waals surface area contributed by atoms with Crippen LogP contribution in [0.1, 0.15) is 10.4 Å². The molecule has 2 N–H and O–H groups in total. The molecular weight excluding hydrogens is 317 g/mol. The molecule has 0 fully saturated rings. The fraction of sp³-hybridized carbons (Fsp3) is 0. The third-order valence-corrected chi connectivity index (χ3v) is 2.88. The Hall–Kier alpha value is -2.24. The number of hydrogen-bond donors (Lipinski definition) is 1. The molecule has 0 unspecified atom stereocenters. The molecule has 0 aromatic heterocycles. The number of carbonyl (C=O) groups is 2. The lowest BCUT2D eigenvalue weighted by molar-refractivity contribution is 0.0732. The van der Waals surface area contributed by atoms with Crippen LogP contribution in [0.5, 0.6) is 11.5 Å². The highest BCUT2D eigenvalue weighted by molar-refractivity contribution is 6.31. The minimum absolute atomic E-state index is 0.0174. The maximum absolute atomic E-state index is 12.1. The van der Waals surface area contributed by atoms with Crippen LogP contribution in [0.4, 0.5) is 4.79 Å². The predicted octanol–water partition coefficient (Wildman–Crippen LogP) is 3.67. The molecule has 0 spiro atoms. The maximum atomic E-state index is 12.1. The lowest BCUT2D eigenvalue weighted by Gasteiger charge is -2.09. The van der Waals surface area contributed by atoms with Crippen LogP contribution in [0.2, 0.25) is 10.0 Å². The predicted molar refractivity (Wildman–Crippen MR) is 78.1 cm³/mol. The van der Waals surface area contributed by atoms with Gasteiger partial charge in [0.05, 0.1) is 0 Å². The third-order valence-electron chi connectivity index (χ3n) is 2.40. The van der Waals surface area contributed by atoms with Gasteiger partial charge in [-0.1, -0.05) is 23.2 Å². The maximum Gasteiger partial charge on any atom is 0.409 e. The molecule has 0 aliphatic rings. The zero-order chi connectivity index (χ0) is 15.4. The minimum Gasteiger partial charge on any atom is -0.423 e. The van der Waals surface area contributed by atoms with Gasteiger partial charge in [0, 0.05) is 10.0 Å². The molecule has 0 saturated heterocycles. The molecule has 0 radical (unpaired) electrons. The quantitative estimate of drug-likeness (QED) is 0.689. The Morgan fingerprint density at radius 1 is 0.905 bits per heavy atom. The van der Waals surface area contributed by atoms with Gasteiger partial charge in [-0.25, -0.2) is 9.59 Å². The average Bonchev–Trinajstić information content (AvgIpc) is 2.43. The summed E-state index contributed by atoms with van der Waals surface area (Å²) in [5.74, 6) is -0.490. The summed E-state index contributed by atoms with van der Waals surface area (Å²) in [5.41, 5.74) is 4.92. The van der Waals surface area contributed by atoms with Gasteiger partial charge in [-0.15, -0.1) is 0 Å². The van der Waals surface area contributed by atoms with Crippen molar-refractivity contribution in [3.63, 3.8) is 0 Å². The molecule has 2 aromatic carbocycles. The highest BCUT2D eigenvalue weighted by atomic mass is 35.5. The van der Waals surface area contributed by atoms with E-state index < -0.39 is 12.1 Å². The first-order valence-electron chi connectivity index (χ1n) is 5.70. The van der Waals surface area contributed by atoms with Crippen LogP contribution < -0.4 is 15.2 Å². The van der Waals surface area contributed by atoms with Gasteiger partial charge in [0.15, 0.2) is 0 Å². The Morgan fingerprint density at radius 2 is 1.52 bits per heavy atom. The fourth-order valence-electron chi connectivity index (χ4n) is 1.52. The van der Waals surface area contributed by atoms with E-state index >= 15 is 0 Å². The molecule has 21 heavy (non-hydrogen) atoms. The van der Waals surface area contributed by atoms with Crippen molar-refractivity contribution >= 4 is 35.3 Å². The number of nitrogens with two attached hydrogens (primary N) is 1. The molecule has 5 nitrogen and oxygen atoms in total. The average molecular weight is 326 g/mol. The van der Waals surface area contributed by atoms with Crippen LogP contribution in [-0.2, 0) is 0 Å². The van der Waals surface area contributed by atoms with E-state index in [-0.39, 0.29) is 22.1 Å². The Labute approximate surface area is 130 Å². The van der Waals surface area contributed by atoms with Crippen molar-refractivity contribution in [1.82, 2.24) is 0 Å². The van der Waals surface area contributed by atoms with Gasteiger partial charge < -0.3 is 15.2 Å². The Bertz CT molecular complexity index is 686. The second kappa shape index (κ2) is 6.47. The zero-order valence-electron chi connectivity index (χ0n) is 10.5. The van der Waals surface area contributed by atoms with Crippen molar-refractivity contribution in [2.45, 2.75) is 0 Å². The van der Waals surface area contributed by atoms with Crippen LogP contribution in [-0.4, -0.2) is 12.1 Å². The largest absolute Gasteiger partial charge is 0.423 e. The molecule has 0 saturated carbocycles. The first-order valence-corrected chi connectivity index (χ1v) is 6.46. The highest BCUT2D eigenvalue weighted by Gasteiger charge is 2.17. The Kier molecular flexibility index (Phi) is 4.67. The minimum atomic E-state index is -1.04. The molecule has 108 valence electrons. The molecule has 0 atom stereocenters.